The van der Waals surface area contributed by atoms with Gasteiger partial charge in [0.2, 0.25) is 0 Å². The van der Waals surface area contributed by atoms with E-state index in [1.807, 2.05) is 12.1 Å². The Morgan fingerprint density at radius 1 is 1.33 bits per heavy atom. The van der Waals surface area contributed by atoms with Gasteiger partial charge in [-0.3, -0.25) is 0 Å². The predicted molar refractivity (Wildman–Crippen MR) is 54.6 cm³/mol. The first-order valence-electron chi connectivity index (χ1n) is 3.94. The summed E-state index contributed by atoms with van der Waals surface area (Å²) in [4.78, 5) is 0. The summed E-state index contributed by atoms with van der Waals surface area (Å²) in [7, 11) is 2.62. The molecule has 62 valence electrons. The summed E-state index contributed by atoms with van der Waals surface area (Å²) in [5.74, 6) is 0.484. The summed E-state index contributed by atoms with van der Waals surface area (Å²) in [6, 6.07) is 8.06. The van der Waals surface area contributed by atoms with Crippen LogP contribution in [-0.4, -0.2) is 0 Å². The van der Waals surface area contributed by atoms with Crippen LogP contribution in [0.5, 0.6) is 0 Å². The standard InChI is InChI=1S/C10H12NP/c1-7(2)9-3-8(6-11)4-10(12)5-9/h3-5,7H,12H2,1-2H3. The number of nitriles is 1. The molecule has 1 aromatic rings. The van der Waals surface area contributed by atoms with E-state index < -0.39 is 0 Å². The number of nitrogens with zero attached hydrogens (tertiary/aromatic N) is 1. The van der Waals surface area contributed by atoms with Crippen LogP contribution < -0.4 is 5.30 Å². The lowest BCUT2D eigenvalue weighted by Gasteiger charge is -2.06. The number of benzene rings is 1. The molecule has 1 nitrogen and oxygen atoms in total. The molecule has 0 aliphatic rings. The largest absolute Gasteiger partial charge is 0.192 e. The summed E-state index contributed by atoms with van der Waals surface area (Å²) in [6.07, 6.45) is 0. The van der Waals surface area contributed by atoms with Gasteiger partial charge in [0.15, 0.2) is 0 Å². The van der Waals surface area contributed by atoms with Crippen LogP contribution in [0.3, 0.4) is 0 Å². The molecule has 1 unspecified atom stereocenters. The highest BCUT2D eigenvalue weighted by molar-refractivity contribution is 7.27. The molecule has 0 saturated heterocycles. The first-order valence-corrected chi connectivity index (χ1v) is 4.52. The van der Waals surface area contributed by atoms with Crippen molar-refractivity contribution >= 4 is 14.5 Å². The van der Waals surface area contributed by atoms with Crippen LogP contribution in [0.15, 0.2) is 18.2 Å². The van der Waals surface area contributed by atoms with Crippen molar-refractivity contribution in [2.24, 2.45) is 0 Å². The van der Waals surface area contributed by atoms with Crippen LogP contribution in [0.1, 0.15) is 30.9 Å². The Hall–Kier alpha value is -0.860. The van der Waals surface area contributed by atoms with Crippen molar-refractivity contribution in [3.8, 4) is 6.07 Å². The SMILES string of the molecule is CC(C)c1cc(P)cc(C#N)c1. The Balaban J connectivity index is 3.17. The number of hydrogen-bond donors (Lipinski definition) is 0. The molecule has 0 aromatic heterocycles. The molecule has 0 heterocycles. The van der Waals surface area contributed by atoms with Gasteiger partial charge in [-0.1, -0.05) is 19.9 Å². The van der Waals surface area contributed by atoms with E-state index in [9.17, 15) is 0 Å². The third-order valence-electron chi connectivity index (χ3n) is 1.77. The van der Waals surface area contributed by atoms with Crippen molar-refractivity contribution in [1.82, 2.24) is 0 Å². The second-order valence-electron chi connectivity index (χ2n) is 3.15. The Kier molecular flexibility index (Phi) is 2.84. The highest BCUT2D eigenvalue weighted by Crippen LogP contribution is 2.14. The maximum absolute atomic E-state index is 8.71. The van der Waals surface area contributed by atoms with Crippen LogP contribution >= 0.6 is 9.24 Å². The molecule has 0 amide bonds. The third-order valence-corrected chi connectivity index (χ3v) is 2.11. The van der Waals surface area contributed by atoms with Crippen molar-refractivity contribution in [1.29, 1.82) is 5.26 Å². The first kappa shape index (κ1) is 9.23. The maximum Gasteiger partial charge on any atom is 0.0991 e. The molecular weight excluding hydrogens is 165 g/mol. The Morgan fingerprint density at radius 2 is 2.00 bits per heavy atom. The molecule has 0 spiro atoms. The zero-order valence-corrected chi connectivity index (χ0v) is 8.49. The van der Waals surface area contributed by atoms with Gasteiger partial charge in [-0.05, 0) is 28.9 Å². The topological polar surface area (TPSA) is 23.8 Å². The highest BCUT2D eigenvalue weighted by atomic mass is 31.0. The van der Waals surface area contributed by atoms with Crippen molar-refractivity contribution in [2.45, 2.75) is 19.8 Å². The van der Waals surface area contributed by atoms with E-state index in [4.69, 9.17) is 5.26 Å². The molecule has 0 fully saturated rings. The second kappa shape index (κ2) is 3.70. The normalized spacial score (nSPS) is 9.92. The Bertz CT molecular complexity index is 323. The average Bonchev–Trinajstić information content (AvgIpc) is 2.03. The summed E-state index contributed by atoms with van der Waals surface area (Å²) in [5, 5.41) is 9.79. The van der Waals surface area contributed by atoms with E-state index in [1.54, 1.807) is 0 Å². The minimum Gasteiger partial charge on any atom is -0.192 e. The molecule has 1 aromatic carbocycles. The van der Waals surface area contributed by atoms with Crippen molar-refractivity contribution < 1.29 is 0 Å². The van der Waals surface area contributed by atoms with Crippen LogP contribution in [0.25, 0.3) is 0 Å². The molecule has 2 heteroatoms. The lowest BCUT2D eigenvalue weighted by Crippen LogP contribution is -1.97. The van der Waals surface area contributed by atoms with Gasteiger partial charge in [0.05, 0.1) is 11.6 Å². The molecular formula is C10H12NP. The van der Waals surface area contributed by atoms with E-state index in [2.05, 4.69) is 35.2 Å². The van der Waals surface area contributed by atoms with Crippen LogP contribution in [-0.2, 0) is 0 Å². The van der Waals surface area contributed by atoms with Gasteiger partial charge in [-0.15, -0.1) is 9.24 Å². The molecule has 0 N–H and O–H groups in total. The van der Waals surface area contributed by atoms with Crippen LogP contribution in [0.4, 0.5) is 0 Å². The van der Waals surface area contributed by atoms with E-state index in [1.165, 1.54) is 5.56 Å². The van der Waals surface area contributed by atoms with E-state index >= 15 is 0 Å². The summed E-state index contributed by atoms with van der Waals surface area (Å²) >= 11 is 0. The minimum atomic E-state index is 0.484. The van der Waals surface area contributed by atoms with Gasteiger partial charge in [-0.25, -0.2) is 0 Å². The molecule has 0 aliphatic carbocycles. The van der Waals surface area contributed by atoms with Crippen molar-refractivity contribution in [3.63, 3.8) is 0 Å². The van der Waals surface area contributed by atoms with E-state index in [0.29, 0.717) is 5.92 Å². The third kappa shape index (κ3) is 2.06. The Labute approximate surface area is 75.6 Å². The predicted octanol–water partition coefficient (Wildman–Crippen LogP) is 2.18. The highest BCUT2D eigenvalue weighted by Gasteiger charge is 2.01. The van der Waals surface area contributed by atoms with Gasteiger partial charge in [0.25, 0.3) is 0 Å². The average molecular weight is 177 g/mol. The van der Waals surface area contributed by atoms with Gasteiger partial charge in [0, 0.05) is 0 Å². The van der Waals surface area contributed by atoms with Crippen LogP contribution in [0.2, 0.25) is 0 Å². The Morgan fingerprint density at radius 3 is 2.50 bits per heavy atom. The summed E-state index contributed by atoms with van der Waals surface area (Å²) in [6.45, 7) is 4.25. The maximum atomic E-state index is 8.71. The van der Waals surface area contributed by atoms with Gasteiger partial charge in [0.1, 0.15) is 0 Å². The molecule has 0 aliphatic heterocycles. The zero-order valence-electron chi connectivity index (χ0n) is 7.33. The molecule has 1 rings (SSSR count). The smallest absolute Gasteiger partial charge is 0.0991 e. The molecule has 12 heavy (non-hydrogen) atoms. The molecule has 0 saturated carbocycles. The fraction of sp³-hybridized carbons (Fsp3) is 0.300. The summed E-state index contributed by atoms with van der Waals surface area (Å²) < 4.78 is 0. The minimum absolute atomic E-state index is 0.484. The summed E-state index contributed by atoms with van der Waals surface area (Å²) in [5.41, 5.74) is 1.96. The second-order valence-corrected chi connectivity index (χ2v) is 3.82. The molecule has 1 atom stereocenters. The lowest BCUT2D eigenvalue weighted by molar-refractivity contribution is 0.867. The fourth-order valence-corrected chi connectivity index (χ4v) is 1.45. The fourth-order valence-electron chi connectivity index (χ4n) is 1.07. The number of hydrogen-bond acceptors (Lipinski definition) is 1. The number of rotatable bonds is 1. The van der Waals surface area contributed by atoms with E-state index in [0.717, 1.165) is 10.9 Å². The lowest BCUT2D eigenvalue weighted by atomic mass is 10.0. The van der Waals surface area contributed by atoms with Crippen LogP contribution in [0, 0.1) is 11.3 Å². The van der Waals surface area contributed by atoms with Crippen molar-refractivity contribution in [3.05, 3.63) is 29.3 Å². The molecule has 0 bridgehead atoms. The van der Waals surface area contributed by atoms with E-state index in [-0.39, 0.29) is 0 Å². The van der Waals surface area contributed by atoms with Gasteiger partial charge in [-0.2, -0.15) is 5.26 Å². The quantitative estimate of drug-likeness (QED) is 0.603. The van der Waals surface area contributed by atoms with Gasteiger partial charge < -0.3 is 0 Å². The monoisotopic (exact) mass is 177 g/mol. The van der Waals surface area contributed by atoms with Crippen molar-refractivity contribution in [2.75, 3.05) is 0 Å². The zero-order chi connectivity index (χ0) is 9.14. The molecule has 0 radical (unpaired) electrons. The van der Waals surface area contributed by atoms with Gasteiger partial charge >= 0.3 is 0 Å². The first-order chi connectivity index (χ1) is 5.63.